The number of pyridine rings is 1. The molecule has 0 saturated heterocycles. The monoisotopic (exact) mass is 455 g/mol. The van der Waals surface area contributed by atoms with E-state index >= 15 is 0 Å². The highest BCUT2D eigenvalue weighted by molar-refractivity contribution is 7.90. The van der Waals surface area contributed by atoms with E-state index in [1.54, 1.807) is 35.8 Å². The standard InChI is InChI=1S/C21H14ClN3O3S2/c1-23-18-11-25-21(16-5-3-13(22)9-19(16)28-2)15-6-4-14(10-17(15)18)30(26,27)12-20-24-7-8-29-20/h3-11H,12H2,2H3. The lowest BCUT2D eigenvalue weighted by atomic mass is 10.0. The van der Waals surface area contributed by atoms with E-state index in [-0.39, 0.29) is 16.3 Å². The Morgan fingerprint density at radius 3 is 2.70 bits per heavy atom. The van der Waals surface area contributed by atoms with Crippen LogP contribution in [-0.2, 0) is 15.6 Å². The Bertz CT molecular complexity index is 1400. The number of ether oxygens (including phenoxy) is 1. The fourth-order valence-electron chi connectivity index (χ4n) is 3.13. The molecule has 0 unspecified atom stereocenters. The molecular weight excluding hydrogens is 442 g/mol. The average Bonchev–Trinajstić information content (AvgIpc) is 3.25. The van der Waals surface area contributed by atoms with Crippen molar-refractivity contribution in [1.82, 2.24) is 9.97 Å². The van der Waals surface area contributed by atoms with Crippen LogP contribution in [0.3, 0.4) is 0 Å². The van der Waals surface area contributed by atoms with Crippen LogP contribution in [0.4, 0.5) is 5.69 Å². The summed E-state index contributed by atoms with van der Waals surface area (Å²) in [5.41, 5.74) is 1.55. The molecule has 0 atom stereocenters. The summed E-state index contributed by atoms with van der Waals surface area (Å²) >= 11 is 7.35. The molecule has 9 heteroatoms. The SMILES string of the molecule is [C-]#[N+]c1cnc(-c2ccc(Cl)cc2OC)c2ccc(S(=O)(=O)Cc3nccs3)cc12. The molecule has 0 aliphatic heterocycles. The molecule has 4 rings (SSSR count). The number of benzene rings is 2. The number of nitrogens with zero attached hydrogens (tertiary/aromatic N) is 3. The van der Waals surface area contributed by atoms with Gasteiger partial charge in [0.2, 0.25) is 5.69 Å². The Balaban J connectivity index is 1.90. The molecule has 2 aromatic carbocycles. The smallest absolute Gasteiger partial charge is 0.212 e. The second-order valence-corrected chi connectivity index (χ2v) is 9.75. The predicted octanol–water partition coefficient (Wildman–Crippen LogP) is 5.54. The summed E-state index contributed by atoms with van der Waals surface area (Å²) in [4.78, 5) is 12.2. The van der Waals surface area contributed by atoms with Gasteiger partial charge in [-0.1, -0.05) is 17.7 Å². The van der Waals surface area contributed by atoms with Gasteiger partial charge in [-0.3, -0.25) is 4.98 Å². The van der Waals surface area contributed by atoms with E-state index in [1.165, 1.54) is 36.8 Å². The summed E-state index contributed by atoms with van der Waals surface area (Å²) in [6.07, 6.45) is 3.01. The molecule has 30 heavy (non-hydrogen) atoms. The third-order valence-electron chi connectivity index (χ3n) is 4.53. The van der Waals surface area contributed by atoms with Crippen LogP contribution in [0.1, 0.15) is 5.01 Å². The van der Waals surface area contributed by atoms with Gasteiger partial charge in [0.25, 0.3) is 0 Å². The Morgan fingerprint density at radius 1 is 1.17 bits per heavy atom. The van der Waals surface area contributed by atoms with Gasteiger partial charge < -0.3 is 4.74 Å². The number of aromatic nitrogens is 2. The second kappa shape index (κ2) is 8.03. The zero-order valence-electron chi connectivity index (χ0n) is 15.7. The third kappa shape index (κ3) is 3.75. The molecule has 0 fully saturated rings. The first kappa shape index (κ1) is 20.3. The van der Waals surface area contributed by atoms with Crippen molar-refractivity contribution in [2.75, 3.05) is 7.11 Å². The van der Waals surface area contributed by atoms with Crippen molar-refractivity contribution in [1.29, 1.82) is 0 Å². The predicted molar refractivity (Wildman–Crippen MR) is 118 cm³/mol. The zero-order valence-corrected chi connectivity index (χ0v) is 18.1. The maximum Gasteiger partial charge on any atom is 0.212 e. The summed E-state index contributed by atoms with van der Waals surface area (Å²) in [6.45, 7) is 7.48. The van der Waals surface area contributed by atoms with Crippen LogP contribution in [0.5, 0.6) is 5.75 Å². The molecule has 0 radical (unpaired) electrons. The number of hydrogen-bond acceptors (Lipinski definition) is 6. The second-order valence-electron chi connectivity index (χ2n) is 6.34. The summed E-state index contributed by atoms with van der Waals surface area (Å²) in [5.74, 6) is 0.347. The van der Waals surface area contributed by atoms with Gasteiger partial charge in [-0.05, 0) is 41.1 Å². The van der Waals surface area contributed by atoms with Crippen molar-refractivity contribution in [2.24, 2.45) is 0 Å². The number of sulfone groups is 1. The van der Waals surface area contributed by atoms with Crippen molar-refractivity contribution in [3.05, 3.63) is 75.6 Å². The van der Waals surface area contributed by atoms with Crippen LogP contribution < -0.4 is 4.74 Å². The quantitative estimate of drug-likeness (QED) is 0.369. The number of rotatable bonds is 5. The minimum Gasteiger partial charge on any atom is -0.496 e. The Morgan fingerprint density at radius 2 is 2.00 bits per heavy atom. The maximum absolute atomic E-state index is 12.9. The van der Waals surface area contributed by atoms with E-state index in [1.807, 2.05) is 0 Å². The van der Waals surface area contributed by atoms with Gasteiger partial charge in [0.1, 0.15) is 16.5 Å². The van der Waals surface area contributed by atoms with Gasteiger partial charge >= 0.3 is 0 Å². The van der Waals surface area contributed by atoms with Gasteiger partial charge in [0.15, 0.2) is 9.84 Å². The van der Waals surface area contributed by atoms with Crippen molar-refractivity contribution in [3.8, 4) is 17.0 Å². The van der Waals surface area contributed by atoms with E-state index in [4.69, 9.17) is 22.9 Å². The van der Waals surface area contributed by atoms with Gasteiger partial charge in [0.05, 0.1) is 24.3 Å². The normalized spacial score (nSPS) is 11.4. The molecule has 4 aromatic rings. The average molecular weight is 456 g/mol. The van der Waals surface area contributed by atoms with Crippen LogP contribution in [0.25, 0.3) is 26.9 Å². The topological polar surface area (TPSA) is 73.5 Å². The molecule has 0 saturated carbocycles. The van der Waals surface area contributed by atoms with Crippen molar-refractivity contribution < 1.29 is 13.2 Å². The summed E-state index contributed by atoms with van der Waals surface area (Å²) in [5, 5.41) is 3.93. The molecule has 6 nitrogen and oxygen atoms in total. The number of hydrogen-bond donors (Lipinski definition) is 0. The summed E-state index contributed by atoms with van der Waals surface area (Å²) < 4.78 is 31.2. The molecule has 2 heterocycles. The van der Waals surface area contributed by atoms with Crippen LogP contribution in [0, 0.1) is 6.57 Å². The molecule has 150 valence electrons. The highest BCUT2D eigenvalue weighted by Gasteiger charge is 2.20. The largest absolute Gasteiger partial charge is 0.496 e. The van der Waals surface area contributed by atoms with Crippen LogP contribution >= 0.6 is 22.9 Å². The molecular formula is C21H14ClN3O3S2. The van der Waals surface area contributed by atoms with Crippen LogP contribution in [0.2, 0.25) is 5.02 Å². The molecule has 0 amide bonds. The van der Waals surface area contributed by atoms with Crippen LogP contribution in [-0.4, -0.2) is 25.5 Å². The minimum absolute atomic E-state index is 0.135. The van der Waals surface area contributed by atoms with Gasteiger partial charge in [-0.25, -0.2) is 18.2 Å². The number of thiazole rings is 1. The van der Waals surface area contributed by atoms with Crippen molar-refractivity contribution in [2.45, 2.75) is 10.6 Å². The van der Waals surface area contributed by atoms with Gasteiger partial charge in [-0.15, -0.1) is 11.3 Å². The van der Waals surface area contributed by atoms with Crippen molar-refractivity contribution >= 4 is 49.2 Å². The van der Waals surface area contributed by atoms with E-state index < -0.39 is 9.84 Å². The van der Waals surface area contributed by atoms with E-state index in [0.29, 0.717) is 37.8 Å². The number of halogens is 1. The van der Waals surface area contributed by atoms with Gasteiger partial charge in [0, 0.05) is 28.4 Å². The summed E-state index contributed by atoms with van der Waals surface area (Å²) in [6, 6.07) is 9.93. The number of methoxy groups -OCH3 is 1. The Kier molecular flexibility index (Phi) is 5.43. The molecule has 0 N–H and O–H groups in total. The van der Waals surface area contributed by atoms with Crippen molar-refractivity contribution in [3.63, 3.8) is 0 Å². The molecule has 0 spiro atoms. The van der Waals surface area contributed by atoms with Crippen LogP contribution in [0.15, 0.2) is 59.1 Å². The number of fused-ring (bicyclic) bond motifs is 1. The Labute approximate surface area is 182 Å². The molecule has 2 aromatic heterocycles. The van der Waals surface area contributed by atoms with E-state index in [9.17, 15) is 8.42 Å². The molecule has 0 aliphatic carbocycles. The lowest BCUT2D eigenvalue weighted by Crippen LogP contribution is -2.05. The summed E-state index contributed by atoms with van der Waals surface area (Å²) in [7, 11) is -2.08. The van der Waals surface area contributed by atoms with E-state index in [0.717, 1.165) is 0 Å². The molecule has 0 aliphatic rings. The first-order valence-electron chi connectivity index (χ1n) is 8.68. The molecule has 0 bridgehead atoms. The maximum atomic E-state index is 12.9. The van der Waals surface area contributed by atoms with Gasteiger partial charge in [-0.2, -0.15) is 0 Å². The minimum atomic E-state index is -3.61. The lowest BCUT2D eigenvalue weighted by Gasteiger charge is -2.13. The first-order chi connectivity index (χ1) is 14.4. The fraction of sp³-hybridized carbons (Fsp3) is 0.0952. The first-order valence-corrected chi connectivity index (χ1v) is 11.6. The third-order valence-corrected chi connectivity index (χ3v) is 7.36. The highest BCUT2D eigenvalue weighted by Crippen LogP contribution is 2.39. The van der Waals surface area contributed by atoms with E-state index in [2.05, 4.69) is 14.8 Å². The zero-order chi connectivity index (χ0) is 21.3. The Hall–Kier alpha value is -2.99. The fourth-order valence-corrected chi connectivity index (χ4v) is 5.57. The highest BCUT2D eigenvalue weighted by atomic mass is 35.5. The lowest BCUT2D eigenvalue weighted by molar-refractivity contribution is 0.416.